The summed E-state index contributed by atoms with van der Waals surface area (Å²) in [6.07, 6.45) is 1.65. The van der Waals surface area contributed by atoms with Gasteiger partial charge in [0.25, 0.3) is 0 Å². The molecule has 1 aromatic carbocycles. The molecule has 4 nitrogen and oxygen atoms in total. The minimum absolute atomic E-state index is 0.509. The maximum atomic E-state index is 11.0. The molecule has 0 fully saturated rings. The van der Waals surface area contributed by atoms with Crippen LogP contribution in [0.2, 0.25) is 5.02 Å². The van der Waals surface area contributed by atoms with Crippen molar-refractivity contribution in [2.24, 2.45) is 7.05 Å². The van der Waals surface area contributed by atoms with Gasteiger partial charge in [-0.1, -0.05) is 11.6 Å². The van der Waals surface area contributed by atoms with Gasteiger partial charge in [0, 0.05) is 12.1 Å². The molecule has 1 aromatic heterocycles. The number of fused-ring (bicyclic) bond motifs is 1. The lowest BCUT2D eigenvalue weighted by molar-refractivity contribution is -0.138. The number of rotatable bonds is 2. The average Bonchev–Trinajstić information content (AvgIpc) is 2.58. The van der Waals surface area contributed by atoms with Gasteiger partial charge >= 0.3 is 5.97 Å². The molecule has 0 radical (unpaired) electrons. The Morgan fingerprint density at radius 3 is 2.88 bits per heavy atom. The van der Waals surface area contributed by atoms with Crippen molar-refractivity contribution >= 4 is 28.6 Å². The van der Waals surface area contributed by atoms with Gasteiger partial charge in [-0.15, -0.1) is 0 Å². The molecule has 0 aliphatic rings. The third kappa shape index (κ3) is 1.65. The average molecular weight is 239 g/mol. The topological polar surface area (TPSA) is 55.1 Å². The first kappa shape index (κ1) is 11.0. The molecule has 1 heterocycles. The van der Waals surface area contributed by atoms with Crippen molar-refractivity contribution in [1.29, 1.82) is 0 Å². The summed E-state index contributed by atoms with van der Waals surface area (Å²) in [7, 11) is 1.83. The van der Waals surface area contributed by atoms with E-state index in [1.807, 2.05) is 7.05 Å². The van der Waals surface area contributed by atoms with Crippen molar-refractivity contribution < 1.29 is 9.90 Å². The monoisotopic (exact) mass is 238 g/mol. The number of aliphatic carboxylic acids is 1. The molecule has 0 saturated carbocycles. The second-order valence-corrected chi connectivity index (χ2v) is 4.21. The highest BCUT2D eigenvalue weighted by atomic mass is 35.5. The Morgan fingerprint density at radius 2 is 2.25 bits per heavy atom. The highest BCUT2D eigenvalue weighted by molar-refractivity contribution is 6.31. The van der Waals surface area contributed by atoms with E-state index in [9.17, 15) is 4.79 Å². The fourth-order valence-corrected chi connectivity index (χ4v) is 1.98. The minimum Gasteiger partial charge on any atom is -0.481 e. The predicted octanol–water partition coefficient (Wildman–Crippen LogP) is 2.41. The summed E-state index contributed by atoms with van der Waals surface area (Å²) in [6, 6.07) is 3.42. The molecule has 0 aliphatic heterocycles. The van der Waals surface area contributed by atoms with Crippen LogP contribution in [0.15, 0.2) is 18.5 Å². The molecule has 1 unspecified atom stereocenters. The Kier molecular flexibility index (Phi) is 2.59. The lowest BCUT2D eigenvalue weighted by Crippen LogP contribution is -2.09. The Hall–Kier alpha value is -1.55. The lowest BCUT2D eigenvalue weighted by atomic mass is 10.00. The highest BCUT2D eigenvalue weighted by Gasteiger charge is 2.19. The third-order valence-corrected chi connectivity index (χ3v) is 2.86. The molecule has 0 saturated heterocycles. The van der Waals surface area contributed by atoms with Crippen LogP contribution in [-0.2, 0) is 11.8 Å². The summed E-state index contributed by atoms with van der Waals surface area (Å²) in [5.74, 6) is -1.47. The molecule has 84 valence electrons. The van der Waals surface area contributed by atoms with Crippen LogP contribution in [-0.4, -0.2) is 20.6 Å². The number of imidazole rings is 1. The van der Waals surface area contributed by atoms with E-state index in [1.54, 1.807) is 30.0 Å². The number of carboxylic acids is 1. The summed E-state index contributed by atoms with van der Waals surface area (Å²) in [6.45, 7) is 1.64. The fraction of sp³-hybridized carbons (Fsp3) is 0.273. The molecule has 0 amide bonds. The van der Waals surface area contributed by atoms with Crippen LogP contribution in [0.25, 0.3) is 11.0 Å². The first-order valence-electron chi connectivity index (χ1n) is 4.84. The standard InChI is InChI=1S/C11H11ClN2O2/c1-6(11(15)16)8-3-7(12)4-9-10(8)14(2)5-13-9/h3-6H,1-2H3,(H,15,16). The van der Waals surface area contributed by atoms with Gasteiger partial charge in [-0.25, -0.2) is 4.98 Å². The maximum absolute atomic E-state index is 11.0. The van der Waals surface area contributed by atoms with E-state index in [1.165, 1.54) is 0 Å². The largest absolute Gasteiger partial charge is 0.481 e. The first-order chi connectivity index (χ1) is 7.50. The van der Waals surface area contributed by atoms with Crippen molar-refractivity contribution in [2.45, 2.75) is 12.8 Å². The van der Waals surface area contributed by atoms with Gasteiger partial charge in [0.15, 0.2) is 0 Å². The number of benzene rings is 1. The van der Waals surface area contributed by atoms with E-state index in [0.717, 1.165) is 11.0 Å². The number of hydrogen-bond donors (Lipinski definition) is 1. The number of aromatic nitrogens is 2. The molecule has 0 spiro atoms. The van der Waals surface area contributed by atoms with Crippen LogP contribution in [0.5, 0.6) is 0 Å². The lowest BCUT2D eigenvalue weighted by Gasteiger charge is -2.10. The second kappa shape index (κ2) is 3.79. The zero-order valence-corrected chi connectivity index (χ0v) is 9.69. The zero-order valence-electron chi connectivity index (χ0n) is 8.94. The van der Waals surface area contributed by atoms with Crippen LogP contribution in [0.4, 0.5) is 0 Å². The second-order valence-electron chi connectivity index (χ2n) is 3.78. The van der Waals surface area contributed by atoms with Gasteiger partial charge in [-0.2, -0.15) is 0 Å². The maximum Gasteiger partial charge on any atom is 0.310 e. The van der Waals surface area contributed by atoms with Gasteiger partial charge in [0.1, 0.15) is 0 Å². The molecule has 1 atom stereocenters. The van der Waals surface area contributed by atoms with Crippen LogP contribution in [0.1, 0.15) is 18.4 Å². The van der Waals surface area contributed by atoms with E-state index < -0.39 is 11.9 Å². The summed E-state index contributed by atoms with van der Waals surface area (Å²) >= 11 is 5.94. The van der Waals surface area contributed by atoms with Crippen molar-refractivity contribution in [3.05, 3.63) is 29.0 Å². The summed E-state index contributed by atoms with van der Waals surface area (Å²) in [4.78, 5) is 15.2. The predicted molar refractivity (Wildman–Crippen MR) is 61.8 cm³/mol. The number of hydrogen-bond acceptors (Lipinski definition) is 2. The van der Waals surface area contributed by atoms with E-state index >= 15 is 0 Å². The summed E-state index contributed by atoms with van der Waals surface area (Å²) in [5.41, 5.74) is 2.23. The smallest absolute Gasteiger partial charge is 0.310 e. The molecular weight excluding hydrogens is 228 g/mol. The molecule has 0 bridgehead atoms. The Labute approximate surface area is 97.5 Å². The number of halogens is 1. The first-order valence-corrected chi connectivity index (χ1v) is 5.21. The van der Waals surface area contributed by atoms with E-state index in [2.05, 4.69) is 4.98 Å². The van der Waals surface area contributed by atoms with Gasteiger partial charge < -0.3 is 9.67 Å². The van der Waals surface area contributed by atoms with Crippen molar-refractivity contribution in [1.82, 2.24) is 9.55 Å². The third-order valence-electron chi connectivity index (χ3n) is 2.64. The highest BCUT2D eigenvalue weighted by Crippen LogP contribution is 2.28. The molecule has 1 N–H and O–H groups in total. The molecule has 0 aliphatic carbocycles. The quantitative estimate of drug-likeness (QED) is 0.874. The summed E-state index contributed by atoms with van der Waals surface area (Å²) in [5, 5.41) is 9.55. The van der Waals surface area contributed by atoms with Crippen LogP contribution in [0, 0.1) is 0 Å². The number of carbonyl (C=O) groups is 1. The van der Waals surface area contributed by atoms with Crippen LogP contribution >= 0.6 is 11.6 Å². The van der Waals surface area contributed by atoms with Crippen molar-refractivity contribution in [2.75, 3.05) is 0 Å². The van der Waals surface area contributed by atoms with Crippen LogP contribution in [0.3, 0.4) is 0 Å². The van der Waals surface area contributed by atoms with Crippen molar-refractivity contribution in [3.8, 4) is 0 Å². The van der Waals surface area contributed by atoms with Gasteiger partial charge in [0.05, 0.1) is 23.3 Å². The van der Waals surface area contributed by atoms with Crippen LogP contribution < -0.4 is 0 Å². The molecular formula is C11H11ClN2O2. The number of nitrogens with zero attached hydrogens (tertiary/aromatic N) is 2. The normalized spacial score (nSPS) is 12.9. The van der Waals surface area contributed by atoms with Gasteiger partial charge in [-0.05, 0) is 24.6 Å². The zero-order chi connectivity index (χ0) is 11.9. The Bertz CT molecular complexity index is 562. The molecule has 5 heteroatoms. The van der Waals surface area contributed by atoms with Crippen molar-refractivity contribution in [3.63, 3.8) is 0 Å². The van der Waals surface area contributed by atoms with E-state index in [-0.39, 0.29) is 0 Å². The fourth-order valence-electron chi connectivity index (χ4n) is 1.76. The Balaban J connectivity index is 2.75. The summed E-state index contributed by atoms with van der Waals surface area (Å²) < 4.78 is 1.81. The minimum atomic E-state index is -0.871. The van der Waals surface area contributed by atoms with Gasteiger partial charge in [-0.3, -0.25) is 4.79 Å². The van der Waals surface area contributed by atoms with E-state index in [4.69, 9.17) is 16.7 Å². The van der Waals surface area contributed by atoms with E-state index in [0.29, 0.717) is 10.6 Å². The SMILES string of the molecule is CC(C(=O)O)c1cc(Cl)cc2ncn(C)c12. The number of carboxylic acid groups (broad SMARTS) is 1. The van der Waals surface area contributed by atoms with Gasteiger partial charge in [0.2, 0.25) is 0 Å². The number of aryl methyl sites for hydroxylation is 1. The molecule has 2 rings (SSSR count). The molecule has 16 heavy (non-hydrogen) atoms. The molecule has 2 aromatic rings. The Morgan fingerprint density at radius 1 is 1.56 bits per heavy atom.